The van der Waals surface area contributed by atoms with Crippen molar-refractivity contribution in [2.75, 3.05) is 31.6 Å². The zero-order chi connectivity index (χ0) is 20.6. The van der Waals surface area contributed by atoms with Crippen molar-refractivity contribution < 1.29 is 9.53 Å². The molecule has 0 spiro atoms. The maximum atomic E-state index is 12.9. The molecule has 3 aromatic carbocycles. The lowest BCUT2D eigenvalue weighted by atomic mass is 9.99. The van der Waals surface area contributed by atoms with Crippen LogP contribution < -0.4 is 20.7 Å². The van der Waals surface area contributed by atoms with E-state index in [1.807, 2.05) is 66.7 Å². The highest BCUT2D eigenvalue weighted by molar-refractivity contribution is 6.05. The Morgan fingerprint density at radius 2 is 1.62 bits per heavy atom. The van der Waals surface area contributed by atoms with Crippen LogP contribution in [-0.4, -0.2) is 38.2 Å². The Hall–Kier alpha value is -2.57. The molecule has 0 aliphatic carbocycles. The van der Waals surface area contributed by atoms with Gasteiger partial charge in [0.05, 0.1) is 6.04 Å². The van der Waals surface area contributed by atoms with Crippen LogP contribution in [0.25, 0.3) is 0 Å². The maximum Gasteiger partial charge on any atom is 0.255 e. The van der Waals surface area contributed by atoms with Crippen molar-refractivity contribution in [3.8, 4) is 5.75 Å². The van der Waals surface area contributed by atoms with Crippen LogP contribution in [0.15, 0.2) is 78.9 Å². The summed E-state index contributed by atoms with van der Waals surface area (Å²) in [6.45, 7) is 3.49. The van der Waals surface area contributed by atoms with Gasteiger partial charge in [-0.3, -0.25) is 4.79 Å². The molecule has 7 heteroatoms. The largest absolute Gasteiger partial charge is 0.492 e. The first-order valence-corrected chi connectivity index (χ1v) is 10.4. The summed E-state index contributed by atoms with van der Waals surface area (Å²) in [5, 5.41) is 9.77. The fraction of sp³-hybridized carbons (Fsp3) is 0.240. The molecule has 0 radical (unpaired) electrons. The Balaban J connectivity index is 0.00000181. The van der Waals surface area contributed by atoms with Crippen LogP contribution in [0.5, 0.6) is 5.75 Å². The van der Waals surface area contributed by atoms with Gasteiger partial charge in [0.1, 0.15) is 12.4 Å². The van der Waals surface area contributed by atoms with Crippen molar-refractivity contribution >= 4 is 36.4 Å². The second-order valence-corrected chi connectivity index (χ2v) is 7.46. The SMILES string of the molecule is Cl.Cl.O=C(Nc1ccc(OCC2CNCCN2)cc1)c1ccccc1Cc1ccccc1. The van der Waals surface area contributed by atoms with Gasteiger partial charge in [-0.15, -0.1) is 24.8 Å². The van der Waals surface area contributed by atoms with Crippen LogP contribution in [0, 0.1) is 0 Å². The van der Waals surface area contributed by atoms with Crippen molar-refractivity contribution in [2.24, 2.45) is 0 Å². The number of hydrogen-bond donors (Lipinski definition) is 3. The molecule has 0 bridgehead atoms. The van der Waals surface area contributed by atoms with E-state index in [2.05, 4.69) is 28.1 Å². The standard InChI is InChI=1S/C25H27N3O2.2ClH/c29-25(24-9-5-4-8-20(24)16-19-6-2-1-3-7-19)28-21-10-12-23(13-11-21)30-18-22-17-26-14-15-27-22;;/h1-13,22,26-27H,14-18H2,(H,28,29);2*1H. The van der Waals surface area contributed by atoms with E-state index in [0.29, 0.717) is 18.2 Å². The summed E-state index contributed by atoms with van der Waals surface area (Å²) in [6.07, 6.45) is 0.723. The van der Waals surface area contributed by atoms with Gasteiger partial charge >= 0.3 is 0 Å². The molecule has 3 aromatic rings. The van der Waals surface area contributed by atoms with Gasteiger partial charge in [0.25, 0.3) is 5.91 Å². The molecule has 4 rings (SSSR count). The van der Waals surface area contributed by atoms with E-state index in [1.165, 1.54) is 5.56 Å². The lowest BCUT2D eigenvalue weighted by Gasteiger charge is -2.24. The Morgan fingerprint density at radius 3 is 2.34 bits per heavy atom. The topological polar surface area (TPSA) is 62.4 Å². The van der Waals surface area contributed by atoms with E-state index in [9.17, 15) is 4.79 Å². The number of halogens is 2. The van der Waals surface area contributed by atoms with Gasteiger partial charge in [0, 0.05) is 30.9 Å². The molecule has 5 nitrogen and oxygen atoms in total. The van der Waals surface area contributed by atoms with E-state index < -0.39 is 0 Å². The fourth-order valence-electron chi connectivity index (χ4n) is 3.57. The normalized spacial score (nSPS) is 15.1. The first-order chi connectivity index (χ1) is 14.8. The molecule has 0 aromatic heterocycles. The van der Waals surface area contributed by atoms with Gasteiger partial charge < -0.3 is 20.7 Å². The second kappa shape index (κ2) is 13.1. The first kappa shape index (κ1) is 25.7. The summed E-state index contributed by atoms with van der Waals surface area (Å²) in [5.74, 6) is 0.692. The minimum atomic E-state index is -0.104. The summed E-state index contributed by atoms with van der Waals surface area (Å²) in [6, 6.07) is 25.8. The van der Waals surface area contributed by atoms with Gasteiger partial charge in [-0.05, 0) is 47.9 Å². The van der Waals surface area contributed by atoms with Crippen LogP contribution in [-0.2, 0) is 6.42 Å². The Bertz CT molecular complexity index is 962. The Labute approximate surface area is 201 Å². The summed E-state index contributed by atoms with van der Waals surface area (Å²) in [7, 11) is 0. The number of amides is 1. The van der Waals surface area contributed by atoms with Crippen LogP contribution in [0.3, 0.4) is 0 Å². The summed E-state index contributed by atoms with van der Waals surface area (Å²) >= 11 is 0. The molecule has 1 unspecified atom stereocenters. The number of carbonyl (C=O) groups is 1. The Morgan fingerprint density at radius 1 is 0.906 bits per heavy atom. The van der Waals surface area contributed by atoms with Crippen molar-refractivity contribution in [1.82, 2.24) is 10.6 Å². The molecule has 1 aliphatic heterocycles. The molecule has 1 atom stereocenters. The molecular formula is C25H29Cl2N3O2. The molecule has 32 heavy (non-hydrogen) atoms. The average Bonchev–Trinajstić information content (AvgIpc) is 2.80. The second-order valence-electron chi connectivity index (χ2n) is 7.46. The molecule has 1 amide bonds. The molecule has 170 valence electrons. The first-order valence-electron chi connectivity index (χ1n) is 10.4. The van der Waals surface area contributed by atoms with Crippen molar-refractivity contribution in [2.45, 2.75) is 12.5 Å². The van der Waals surface area contributed by atoms with Crippen molar-refractivity contribution in [3.63, 3.8) is 0 Å². The zero-order valence-corrected chi connectivity index (χ0v) is 19.4. The molecule has 1 fully saturated rings. The summed E-state index contributed by atoms with van der Waals surface area (Å²) in [4.78, 5) is 12.9. The van der Waals surface area contributed by atoms with Crippen molar-refractivity contribution in [1.29, 1.82) is 0 Å². The highest BCUT2D eigenvalue weighted by atomic mass is 35.5. The summed E-state index contributed by atoms with van der Waals surface area (Å²) < 4.78 is 5.86. The van der Waals surface area contributed by atoms with Gasteiger partial charge in [-0.1, -0.05) is 48.5 Å². The number of hydrogen-bond acceptors (Lipinski definition) is 4. The lowest BCUT2D eigenvalue weighted by molar-refractivity contribution is 0.102. The van der Waals surface area contributed by atoms with Gasteiger partial charge in [-0.25, -0.2) is 0 Å². The number of rotatable bonds is 7. The number of anilines is 1. The van der Waals surface area contributed by atoms with E-state index >= 15 is 0 Å². The minimum absolute atomic E-state index is 0. The molecule has 3 N–H and O–H groups in total. The van der Waals surface area contributed by atoms with Gasteiger partial charge in [0.2, 0.25) is 0 Å². The third kappa shape index (κ3) is 7.24. The van der Waals surface area contributed by atoms with E-state index in [4.69, 9.17) is 4.74 Å². The van der Waals surface area contributed by atoms with Crippen LogP contribution >= 0.6 is 24.8 Å². The molecule has 0 saturated carbocycles. The third-order valence-electron chi connectivity index (χ3n) is 5.19. The zero-order valence-electron chi connectivity index (χ0n) is 17.8. The lowest BCUT2D eigenvalue weighted by Crippen LogP contribution is -2.50. The van der Waals surface area contributed by atoms with Crippen LogP contribution in [0.4, 0.5) is 5.69 Å². The van der Waals surface area contributed by atoms with E-state index in [0.717, 1.165) is 43.1 Å². The predicted molar refractivity (Wildman–Crippen MR) is 135 cm³/mol. The number of piperazine rings is 1. The molecule has 1 saturated heterocycles. The number of nitrogens with one attached hydrogen (secondary N) is 3. The molecular weight excluding hydrogens is 445 g/mol. The van der Waals surface area contributed by atoms with Crippen molar-refractivity contribution in [3.05, 3.63) is 95.6 Å². The monoisotopic (exact) mass is 473 g/mol. The maximum absolute atomic E-state index is 12.9. The highest BCUT2D eigenvalue weighted by Crippen LogP contribution is 2.19. The smallest absolute Gasteiger partial charge is 0.255 e. The number of benzene rings is 3. The number of carbonyl (C=O) groups excluding carboxylic acids is 1. The quantitative estimate of drug-likeness (QED) is 0.478. The van der Waals surface area contributed by atoms with E-state index in [1.54, 1.807) is 0 Å². The number of ether oxygens (including phenoxy) is 1. The van der Waals surface area contributed by atoms with Crippen LogP contribution in [0.1, 0.15) is 21.5 Å². The Kier molecular flexibility index (Phi) is 10.5. The highest BCUT2D eigenvalue weighted by Gasteiger charge is 2.13. The molecule has 1 heterocycles. The summed E-state index contributed by atoms with van der Waals surface area (Å²) in [5.41, 5.74) is 3.63. The molecule has 1 aliphatic rings. The van der Waals surface area contributed by atoms with Gasteiger partial charge in [0.15, 0.2) is 0 Å². The fourth-order valence-corrected chi connectivity index (χ4v) is 3.57. The predicted octanol–water partition coefficient (Wildman–Crippen LogP) is 4.31. The third-order valence-corrected chi connectivity index (χ3v) is 5.19. The average molecular weight is 474 g/mol. The minimum Gasteiger partial charge on any atom is -0.492 e. The van der Waals surface area contributed by atoms with E-state index in [-0.39, 0.29) is 30.7 Å². The van der Waals surface area contributed by atoms with Gasteiger partial charge in [-0.2, -0.15) is 0 Å². The van der Waals surface area contributed by atoms with Crippen LogP contribution in [0.2, 0.25) is 0 Å².